The van der Waals surface area contributed by atoms with Crippen LogP contribution in [0.5, 0.6) is 0 Å². The molecule has 2 aromatic carbocycles. The van der Waals surface area contributed by atoms with E-state index in [1.807, 2.05) is 32.0 Å². The van der Waals surface area contributed by atoms with Crippen LogP contribution in [0.1, 0.15) is 29.0 Å². The number of hydrogen-bond acceptors (Lipinski definition) is 2. The van der Waals surface area contributed by atoms with E-state index in [9.17, 15) is 14.0 Å². The number of amides is 2. The zero-order chi connectivity index (χ0) is 18.0. The van der Waals surface area contributed by atoms with Crippen molar-refractivity contribution in [3.05, 3.63) is 65.0 Å². The average molecular weight is 340 g/mol. The minimum atomic E-state index is -0.633. The number of likely N-dealkylation sites (tertiary alicyclic amines) is 1. The number of rotatable bonds is 2. The van der Waals surface area contributed by atoms with Crippen molar-refractivity contribution in [3.8, 4) is 0 Å². The molecule has 0 aliphatic carbocycles. The highest BCUT2D eigenvalue weighted by atomic mass is 19.1. The molecule has 0 saturated carbocycles. The van der Waals surface area contributed by atoms with Gasteiger partial charge in [0.05, 0.1) is 0 Å². The van der Waals surface area contributed by atoms with Crippen molar-refractivity contribution in [2.75, 3.05) is 18.4 Å². The van der Waals surface area contributed by atoms with E-state index >= 15 is 0 Å². The number of hydrogen-bond donors (Lipinski definition) is 1. The van der Waals surface area contributed by atoms with E-state index in [1.54, 1.807) is 12.1 Å². The summed E-state index contributed by atoms with van der Waals surface area (Å²) in [7, 11) is 0. The molecule has 1 fully saturated rings. The van der Waals surface area contributed by atoms with E-state index in [0.717, 1.165) is 23.1 Å². The molecule has 1 aliphatic heterocycles. The van der Waals surface area contributed by atoms with E-state index in [-0.39, 0.29) is 11.7 Å². The molecule has 0 aromatic heterocycles. The van der Waals surface area contributed by atoms with Gasteiger partial charge in [0.25, 0.3) is 0 Å². The Bertz CT molecular complexity index is 819. The smallest absolute Gasteiger partial charge is 0.313 e. The number of nitrogens with zero attached hydrogens (tertiary/aromatic N) is 1. The molecule has 4 nitrogen and oxygen atoms in total. The van der Waals surface area contributed by atoms with Crippen LogP contribution in [0.4, 0.5) is 10.1 Å². The topological polar surface area (TPSA) is 49.4 Å². The fraction of sp³-hybridized carbons (Fsp3) is 0.300. The highest BCUT2D eigenvalue weighted by Crippen LogP contribution is 2.27. The molecule has 3 rings (SSSR count). The van der Waals surface area contributed by atoms with Gasteiger partial charge in [-0.1, -0.05) is 29.8 Å². The van der Waals surface area contributed by atoms with E-state index in [2.05, 4.69) is 5.32 Å². The van der Waals surface area contributed by atoms with Gasteiger partial charge in [-0.3, -0.25) is 9.59 Å². The zero-order valence-electron chi connectivity index (χ0n) is 14.4. The van der Waals surface area contributed by atoms with Gasteiger partial charge in [-0.05, 0) is 49.6 Å². The molecule has 1 saturated heterocycles. The Kier molecular flexibility index (Phi) is 4.83. The molecule has 0 spiro atoms. The molecule has 0 bridgehead atoms. The Balaban J connectivity index is 1.64. The standard InChI is InChI=1S/C20H21FN2O2/c1-13-6-7-18(14(2)10-13)22-19(24)20(25)23-9-8-16(12-23)15-4-3-5-17(21)11-15/h3-7,10-11,16H,8-9,12H2,1-2H3,(H,22,24). The quantitative estimate of drug-likeness (QED) is 0.852. The number of anilines is 1. The molecule has 1 N–H and O–H groups in total. The number of carbonyl (C=O) groups excluding carboxylic acids is 2. The molecule has 130 valence electrons. The lowest BCUT2D eigenvalue weighted by molar-refractivity contribution is -0.142. The summed E-state index contributed by atoms with van der Waals surface area (Å²) in [5.41, 5.74) is 3.52. The van der Waals surface area contributed by atoms with Crippen LogP contribution >= 0.6 is 0 Å². The van der Waals surface area contributed by atoms with Gasteiger partial charge in [0, 0.05) is 24.7 Å². The SMILES string of the molecule is Cc1ccc(NC(=O)C(=O)N2CCC(c3cccc(F)c3)C2)c(C)c1. The number of halogens is 1. The van der Waals surface area contributed by atoms with E-state index in [1.165, 1.54) is 17.0 Å². The lowest BCUT2D eigenvalue weighted by Crippen LogP contribution is -2.38. The molecule has 2 aromatic rings. The van der Waals surface area contributed by atoms with Gasteiger partial charge in [0.1, 0.15) is 5.82 Å². The Labute approximate surface area is 146 Å². The van der Waals surface area contributed by atoms with Crippen LogP contribution < -0.4 is 5.32 Å². The minimum absolute atomic E-state index is 0.0635. The Hall–Kier alpha value is -2.69. The van der Waals surface area contributed by atoms with Crippen LogP contribution in [0.25, 0.3) is 0 Å². The van der Waals surface area contributed by atoms with Crippen LogP contribution in [0.3, 0.4) is 0 Å². The van der Waals surface area contributed by atoms with Gasteiger partial charge in [0.2, 0.25) is 0 Å². The maximum Gasteiger partial charge on any atom is 0.313 e. The summed E-state index contributed by atoms with van der Waals surface area (Å²) in [6.45, 7) is 4.80. The highest BCUT2D eigenvalue weighted by molar-refractivity contribution is 6.39. The van der Waals surface area contributed by atoms with Crippen LogP contribution in [0.2, 0.25) is 0 Å². The summed E-state index contributed by atoms with van der Waals surface area (Å²) in [4.78, 5) is 26.2. The van der Waals surface area contributed by atoms with Crippen molar-refractivity contribution in [2.24, 2.45) is 0 Å². The summed E-state index contributed by atoms with van der Waals surface area (Å²) < 4.78 is 13.4. The van der Waals surface area contributed by atoms with Crippen molar-refractivity contribution in [2.45, 2.75) is 26.2 Å². The Morgan fingerprint density at radius 1 is 1.16 bits per heavy atom. The highest BCUT2D eigenvalue weighted by Gasteiger charge is 2.31. The van der Waals surface area contributed by atoms with Crippen molar-refractivity contribution < 1.29 is 14.0 Å². The third-order valence-corrected chi connectivity index (χ3v) is 4.62. The average Bonchev–Trinajstić information content (AvgIpc) is 3.06. The minimum Gasteiger partial charge on any atom is -0.334 e. The number of aryl methyl sites for hydroxylation is 2. The number of nitrogens with one attached hydrogen (secondary N) is 1. The largest absolute Gasteiger partial charge is 0.334 e. The van der Waals surface area contributed by atoms with Gasteiger partial charge in [-0.15, -0.1) is 0 Å². The van der Waals surface area contributed by atoms with Crippen molar-refractivity contribution in [3.63, 3.8) is 0 Å². The fourth-order valence-electron chi connectivity index (χ4n) is 3.25. The van der Waals surface area contributed by atoms with Gasteiger partial charge in [0.15, 0.2) is 0 Å². The van der Waals surface area contributed by atoms with Gasteiger partial charge in [-0.2, -0.15) is 0 Å². The molecule has 1 heterocycles. The van der Waals surface area contributed by atoms with Gasteiger partial charge >= 0.3 is 11.8 Å². The monoisotopic (exact) mass is 340 g/mol. The second-order valence-electron chi connectivity index (χ2n) is 6.56. The molecule has 1 atom stereocenters. The van der Waals surface area contributed by atoms with E-state index < -0.39 is 11.8 Å². The third-order valence-electron chi connectivity index (χ3n) is 4.62. The first-order valence-electron chi connectivity index (χ1n) is 8.37. The van der Waals surface area contributed by atoms with Crippen LogP contribution in [0, 0.1) is 19.7 Å². The first-order chi connectivity index (χ1) is 11.9. The van der Waals surface area contributed by atoms with Crippen LogP contribution in [-0.2, 0) is 9.59 Å². The lowest BCUT2D eigenvalue weighted by atomic mass is 9.98. The molecule has 0 radical (unpaired) electrons. The predicted molar refractivity (Wildman–Crippen MR) is 94.9 cm³/mol. The van der Waals surface area contributed by atoms with Crippen LogP contribution in [0.15, 0.2) is 42.5 Å². The first-order valence-corrected chi connectivity index (χ1v) is 8.37. The normalized spacial score (nSPS) is 16.8. The molecular weight excluding hydrogens is 319 g/mol. The van der Waals surface area contributed by atoms with Crippen LogP contribution in [-0.4, -0.2) is 29.8 Å². The van der Waals surface area contributed by atoms with E-state index in [0.29, 0.717) is 18.8 Å². The van der Waals surface area contributed by atoms with E-state index in [4.69, 9.17) is 0 Å². The van der Waals surface area contributed by atoms with Crippen molar-refractivity contribution in [1.82, 2.24) is 4.90 Å². The van der Waals surface area contributed by atoms with Crippen molar-refractivity contribution >= 4 is 17.5 Å². The van der Waals surface area contributed by atoms with Gasteiger partial charge < -0.3 is 10.2 Å². The summed E-state index contributed by atoms with van der Waals surface area (Å²) in [6.07, 6.45) is 0.728. The third kappa shape index (κ3) is 3.87. The molecule has 5 heteroatoms. The summed E-state index contributed by atoms with van der Waals surface area (Å²) >= 11 is 0. The molecule has 1 unspecified atom stereocenters. The maximum atomic E-state index is 13.4. The summed E-state index contributed by atoms with van der Waals surface area (Å²) in [5.74, 6) is -1.39. The Morgan fingerprint density at radius 2 is 1.96 bits per heavy atom. The fourth-order valence-corrected chi connectivity index (χ4v) is 3.25. The van der Waals surface area contributed by atoms with Crippen molar-refractivity contribution in [1.29, 1.82) is 0 Å². The summed E-state index contributed by atoms with van der Waals surface area (Å²) in [5, 5.41) is 2.69. The zero-order valence-corrected chi connectivity index (χ0v) is 14.4. The molecule has 2 amide bonds. The molecular formula is C20H21FN2O2. The second-order valence-corrected chi connectivity index (χ2v) is 6.56. The second kappa shape index (κ2) is 7.05. The number of benzene rings is 2. The predicted octanol–water partition coefficient (Wildman–Crippen LogP) is 3.40. The van der Waals surface area contributed by atoms with Gasteiger partial charge in [-0.25, -0.2) is 4.39 Å². The number of carbonyl (C=O) groups is 2. The lowest BCUT2D eigenvalue weighted by Gasteiger charge is -2.17. The molecule has 1 aliphatic rings. The Morgan fingerprint density at radius 3 is 2.68 bits per heavy atom. The molecule has 25 heavy (non-hydrogen) atoms. The maximum absolute atomic E-state index is 13.4. The first kappa shape index (κ1) is 17.1. The summed E-state index contributed by atoms with van der Waals surface area (Å²) in [6, 6.07) is 12.1.